The number of carbonyl (C=O) groups excluding carboxylic acids is 1. The number of benzene rings is 1. The molecule has 1 aromatic carbocycles. The van der Waals surface area contributed by atoms with Crippen LogP contribution in [0.4, 0.5) is 15.8 Å². The van der Waals surface area contributed by atoms with Crippen LogP contribution in [-0.4, -0.2) is 58.6 Å². The number of aliphatic hydroxyl groups is 1. The highest BCUT2D eigenvalue weighted by Crippen LogP contribution is 2.39. The Morgan fingerprint density at radius 1 is 1.21 bits per heavy atom. The first-order chi connectivity index (χ1) is 16.4. The standard InChI is InChI=1S/C25H27FN6O2/c1-15-13-32(18-4-6-21(28-12-18)25(34)27-2)8-7-31(15)14-16-9-22-23(29-11-16)19-5-3-17(26)10-20(19)24(33)30-22/h3-6,9-12,15,24,30,33H,7-8,13-14H2,1-2H3,(H,27,34). The predicted molar refractivity (Wildman–Crippen MR) is 128 cm³/mol. The molecule has 3 N–H and O–H groups in total. The van der Waals surface area contributed by atoms with E-state index in [1.807, 2.05) is 18.3 Å². The number of rotatable bonds is 4. The van der Waals surface area contributed by atoms with Crippen LogP contribution < -0.4 is 15.5 Å². The average Bonchev–Trinajstić information content (AvgIpc) is 2.85. The van der Waals surface area contributed by atoms with Crippen molar-refractivity contribution in [2.75, 3.05) is 36.9 Å². The Hall–Kier alpha value is -3.56. The quantitative estimate of drug-likeness (QED) is 0.549. The second-order valence-electron chi connectivity index (χ2n) is 8.76. The molecule has 4 heterocycles. The molecular formula is C25H27FN6O2. The van der Waals surface area contributed by atoms with Crippen molar-refractivity contribution in [3.63, 3.8) is 0 Å². The molecule has 1 amide bonds. The third-order valence-electron chi connectivity index (χ3n) is 6.52. The van der Waals surface area contributed by atoms with Gasteiger partial charge in [-0.25, -0.2) is 9.37 Å². The number of halogens is 1. The average molecular weight is 463 g/mol. The lowest BCUT2D eigenvalue weighted by atomic mass is 9.97. The Morgan fingerprint density at radius 3 is 2.79 bits per heavy atom. The first kappa shape index (κ1) is 22.2. The van der Waals surface area contributed by atoms with Gasteiger partial charge in [-0.05, 0) is 48.9 Å². The molecule has 176 valence electrons. The van der Waals surface area contributed by atoms with Gasteiger partial charge in [0.25, 0.3) is 5.91 Å². The SMILES string of the molecule is CNC(=O)c1ccc(N2CCN(Cc3cnc4c(c3)NC(O)c3cc(F)ccc3-4)C(C)C2)cn1. The Morgan fingerprint density at radius 2 is 2.06 bits per heavy atom. The highest BCUT2D eigenvalue weighted by molar-refractivity contribution is 5.92. The summed E-state index contributed by atoms with van der Waals surface area (Å²) < 4.78 is 13.6. The highest BCUT2D eigenvalue weighted by Gasteiger charge is 2.27. The Bertz CT molecular complexity index is 1220. The van der Waals surface area contributed by atoms with Crippen LogP contribution in [0.2, 0.25) is 0 Å². The summed E-state index contributed by atoms with van der Waals surface area (Å²) in [7, 11) is 1.59. The van der Waals surface area contributed by atoms with E-state index in [1.54, 1.807) is 25.4 Å². The lowest BCUT2D eigenvalue weighted by Crippen LogP contribution is -2.51. The third kappa shape index (κ3) is 4.20. The van der Waals surface area contributed by atoms with Gasteiger partial charge in [-0.1, -0.05) is 0 Å². The molecule has 0 bridgehead atoms. The number of hydrogen-bond acceptors (Lipinski definition) is 7. The van der Waals surface area contributed by atoms with Gasteiger partial charge in [0.2, 0.25) is 0 Å². The van der Waals surface area contributed by atoms with Crippen molar-refractivity contribution in [2.24, 2.45) is 0 Å². The molecule has 0 saturated carbocycles. The molecule has 1 saturated heterocycles. The molecule has 2 aliphatic rings. The molecule has 34 heavy (non-hydrogen) atoms. The van der Waals surface area contributed by atoms with Crippen molar-refractivity contribution >= 4 is 17.3 Å². The van der Waals surface area contributed by atoms with Crippen molar-refractivity contribution in [3.05, 3.63) is 71.4 Å². The van der Waals surface area contributed by atoms with E-state index in [1.165, 1.54) is 12.1 Å². The Labute approximate surface area is 197 Å². The fourth-order valence-electron chi connectivity index (χ4n) is 4.65. The highest BCUT2D eigenvalue weighted by atomic mass is 19.1. The van der Waals surface area contributed by atoms with Crippen LogP contribution in [0.15, 0.2) is 48.8 Å². The minimum atomic E-state index is -0.971. The van der Waals surface area contributed by atoms with E-state index in [2.05, 4.69) is 37.3 Å². The van der Waals surface area contributed by atoms with E-state index in [-0.39, 0.29) is 11.7 Å². The zero-order chi connectivity index (χ0) is 23.8. The van der Waals surface area contributed by atoms with Crippen LogP contribution in [-0.2, 0) is 6.54 Å². The maximum Gasteiger partial charge on any atom is 0.269 e. The van der Waals surface area contributed by atoms with Gasteiger partial charge in [-0.2, -0.15) is 0 Å². The molecule has 1 fully saturated rings. The fourth-order valence-corrected chi connectivity index (χ4v) is 4.65. The van der Waals surface area contributed by atoms with E-state index in [4.69, 9.17) is 0 Å². The number of pyridine rings is 2. The van der Waals surface area contributed by atoms with Crippen LogP contribution in [0.25, 0.3) is 11.3 Å². The molecule has 0 spiro atoms. The minimum absolute atomic E-state index is 0.193. The molecule has 2 unspecified atom stereocenters. The molecular weight excluding hydrogens is 435 g/mol. The van der Waals surface area contributed by atoms with Crippen LogP contribution in [0.3, 0.4) is 0 Å². The van der Waals surface area contributed by atoms with Crippen LogP contribution in [0.5, 0.6) is 0 Å². The number of aromatic nitrogens is 2. The first-order valence-corrected chi connectivity index (χ1v) is 11.3. The summed E-state index contributed by atoms with van der Waals surface area (Å²) in [6, 6.07) is 10.4. The summed E-state index contributed by atoms with van der Waals surface area (Å²) in [6.07, 6.45) is 2.63. The molecule has 5 rings (SSSR count). The maximum absolute atomic E-state index is 13.6. The monoisotopic (exact) mass is 462 g/mol. The zero-order valence-corrected chi connectivity index (χ0v) is 19.1. The van der Waals surface area contributed by atoms with Crippen molar-refractivity contribution in [2.45, 2.75) is 25.7 Å². The number of fused-ring (bicyclic) bond motifs is 3. The van der Waals surface area contributed by atoms with E-state index in [0.717, 1.165) is 54.4 Å². The smallest absolute Gasteiger partial charge is 0.269 e. The molecule has 3 aromatic rings. The minimum Gasteiger partial charge on any atom is -0.369 e. The molecule has 9 heteroatoms. The second-order valence-corrected chi connectivity index (χ2v) is 8.76. The van der Waals surface area contributed by atoms with E-state index >= 15 is 0 Å². The lowest BCUT2D eigenvalue weighted by Gasteiger charge is -2.41. The fraction of sp³-hybridized carbons (Fsp3) is 0.320. The van der Waals surface area contributed by atoms with Crippen molar-refractivity contribution < 1.29 is 14.3 Å². The van der Waals surface area contributed by atoms with Gasteiger partial charge in [0.1, 0.15) is 11.5 Å². The number of piperazine rings is 1. The van der Waals surface area contributed by atoms with Gasteiger partial charge >= 0.3 is 0 Å². The maximum atomic E-state index is 13.6. The molecule has 2 atom stereocenters. The van der Waals surface area contributed by atoms with E-state index in [0.29, 0.717) is 17.3 Å². The molecule has 0 aliphatic carbocycles. The van der Waals surface area contributed by atoms with Crippen LogP contribution >= 0.6 is 0 Å². The summed E-state index contributed by atoms with van der Waals surface area (Å²) >= 11 is 0. The van der Waals surface area contributed by atoms with Gasteiger partial charge in [0.15, 0.2) is 6.23 Å². The lowest BCUT2D eigenvalue weighted by molar-refractivity contribution is 0.0958. The first-order valence-electron chi connectivity index (χ1n) is 11.3. The molecule has 2 aliphatic heterocycles. The summed E-state index contributed by atoms with van der Waals surface area (Å²) in [5, 5.41) is 16.1. The number of nitrogens with zero attached hydrogens (tertiary/aromatic N) is 4. The summed E-state index contributed by atoms with van der Waals surface area (Å²) in [5.41, 5.74) is 5.16. The van der Waals surface area contributed by atoms with Gasteiger partial charge in [0, 0.05) is 56.6 Å². The van der Waals surface area contributed by atoms with E-state index < -0.39 is 6.23 Å². The number of aliphatic hydroxyl groups excluding tert-OH is 1. The normalized spacial score (nSPS) is 19.7. The molecule has 0 radical (unpaired) electrons. The van der Waals surface area contributed by atoms with Crippen LogP contribution in [0, 0.1) is 5.82 Å². The Kier molecular flexibility index (Phi) is 5.89. The number of hydrogen-bond donors (Lipinski definition) is 3. The van der Waals surface area contributed by atoms with Crippen LogP contribution in [0.1, 0.15) is 34.8 Å². The van der Waals surface area contributed by atoms with Gasteiger partial charge in [-0.15, -0.1) is 0 Å². The molecule has 2 aromatic heterocycles. The zero-order valence-electron chi connectivity index (χ0n) is 19.1. The third-order valence-corrected chi connectivity index (χ3v) is 6.52. The van der Waals surface area contributed by atoms with Gasteiger partial charge in [0.05, 0.1) is 23.3 Å². The van der Waals surface area contributed by atoms with Gasteiger partial charge in [-0.3, -0.25) is 14.7 Å². The number of carbonyl (C=O) groups is 1. The Balaban J connectivity index is 1.27. The second kappa shape index (κ2) is 9.00. The summed E-state index contributed by atoms with van der Waals surface area (Å²) in [4.78, 5) is 25.3. The summed E-state index contributed by atoms with van der Waals surface area (Å²) in [5.74, 6) is -0.577. The van der Waals surface area contributed by atoms with Crippen molar-refractivity contribution in [3.8, 4) is 11.3 Å². The largest absolute Gasteiger partial charge is 0.369 e. The molecule has 8 nitrogen and oxygen atoms in total. The van der Waals surface area contributed by atoms with Gasteiger partial charge < -0.3 is 20.6 Å². The van der Waals surface area contributed by atoms with Crippen molar-refractivity contribution in [1.82, 2.24) is 20.2 Å². The van der Waals surface area contributed by atoms with E-state index in [9.17, 15) is 14.3 Å². The number of anilines is 2. The topological polar surface area (TPSA) is 93.6 Å². The predicted octanol–water partition coefficient (Wildman–Crippen LogP) is 2.77. The number of nitrogens with one attached hydrogen (secondary N) is 2. The number of amides is 1. The summed E-state index contributed by atoms with van der Waals surface area (Å²) in [6.45, 7) is 5.48. The van der Waals surface area contributed by atoms with Crippen molar-refractivity contribution in [1.29, 1.82) is 0 Å².